The summed E-state index contributed by atoms with van der Waals surface area (Å²) in [6.45, 7) is 0. The minimum atomic E-state index is -0.493. The lowest BCUT2D eigenvalue weighted by molar-refractivity contribution is 0.0517. The molecule has 0 saturated carbocycles. The molecule has 0 unspecified atom stereocenters. The van der Waals surface area contributed by atoms with E-state index in [-0.39, 0.29) is 0 Å². The van der Waals surface area contributed by atoms with Crippen molar-refractivity contribution >= 4 is 11.7 Å². The van der Waals surface area contributed by atoms with Gasteiger partial charge in [0.15, 0.2) is 0 Å². The average Bonchev–Trinajstić information content (AvgIpc) is 2.64. The third-order valence-electron chi connectivity index (χ3n) is 3.23. The quantitative estimate of drug-likeness (QED) is 0.419. The third-order valence-corrected chi connectivity index (χ3v) is 3.23. The van der Waals surface area contributed by atoms with Crippen molar-refractivity contribution in [3.8, 4) is 0 Å². The molecular weight excluding hydrogens is 288 g/mol. The lowest BCUT2D eigenvalue weighted by Gasteiger charge is -2.06. The zero-order valence-corrected chi connectivity index (χ0v) is 12.3. The molecule has 0 bridgehead atoms. The molecule has 3 aromatic rings. The summed E-state index contributed by atoms with van der Waals surface area (Å²) in [5, 5.41) is 4.08. The minimum absolute atomic E-state index is 0.457. The molecule has 4 heteroatoms. The second-order valence-corrected chi connectivity index (χ2v) is 4.79. The van der Waals surface area contributed by atoms with Gasteiger partial charge in [-0.05, 0) is 24.3 Å². The molecule has 4 nitrogen and oxygen atoms in total. The molecule has 2 aromatic carbocycles. The maximum Gasteiger partial charge on any atom is 0.365 e. The highest BCUT2D eigenvalue weighted by Gasteiger charge is 2.10. The zero-order chi connectivity index (χ0) is 15.9. The van der Waals surface area contributed by atoms with E-state index in [4.69, 9.17) is 4.84 Å². The molecular formula is C19H14N2O2. The van der Waals surface area contributed by atoms with Crippen molar-refractivity contribution < 1.29 is 9.63 Å². The number of carbonyl (C=O) groups is 1. The van der Waals surface area contributed by atoms with Gasteiger partial charge in [0.1, 0.15) is 5.71 Å². The van der Waals surface area contributed by atoms with Gasteiger partial charge in [0.2, 0.25) is 0 Å². The smallest absolute Gasteiger partial charge is 0.312 e. The lowest BCUT2D eigenvalue weighted by Crippen LogP contribution is -2.07. The summed E-state index contributed by atoms with van der Waals surface area (Å²) in [7, 11) is 0. The van der Waals surface area contributed by atoms with E-state index in [2.05, 4.69) is 10.1 Å². The topological polar surface area (TPSA) is 51.5 Å². The second kappa shape index (κ2) is 7.13. The largest absolute Gasteiger partial charge is 0.365 e. The van der Waals surface area contributed by atoms with Crippen LogP contribution in [0, 0.1) is 0 Å². The Morgan fingerprint density at radius 1 is 0.739 bits per heavy atom. The van der Waals surface area contributed by atoms with E-state index in [9.17, 15) is 4.79 Å². The van der Waals surface area contributed by atoms with E-state index in [1.54, 1.807) is 36.7 Å². The summed E-state index contributed by atoms with van der Waals surface area (Å²) in [4.78, 5) is 21.2. The Morgan fingerprint density at radius 2 is 1.26 bits per heavy atom. The molecule has 0 N–H and O–H groups in total. The van der Waals surface area contributed by atoms with Gasteiger partial charge in [-0.15, -0.1) is 0 Å². The predicted octanol–water partition coefficient (Wildman–Crippen LogP) is 3.69. The molecule has 0 aliphatic heterocycles. The molecule has 1 heterocycles. The number of aromatic nitrogens is 1. The van der Waals surface area contributed by atoms with Crippen LogP contribution in [0.3, 0.4) is 0 Å². The van der Waals surface area contributed by atoms with E-state index in [0.717, 1.165) is 11.1 Å². The van der Waals surface area contributed by atoms with Crippen LogP contribution >= 0.6 is 0 Å². The fourth-order valence-electron chi connectivity index (χ4n) is 2.09. The van der Waals surface area contributed by atoms with Gasteiger partial charge in [-0.1, -0.05) is 53.7 Å². The number of nitrogens with zero attached hydrogens (tertiary/aromatic N) is 2. The number of carbonyl (C=O) groups excluding carboxylic acids is 1. The number of rotatable bonds is 4. The van der Waals surface area contributed by atoms with Crippen molar-refractivity contribution in [2.75, 3.05) is 0 Å². The monoisotopic (exact) mass is 302 g/mol. The summed E-state index contributed by atoms with van der Waals surface area (Å²) in [6, 6.07) is 22.0. The highest BCUT2D eigenvalue weighted by Crippen LogP contribution is 2.11. The molecule has 0 aliphatic rings. The third kappa shape index (κ3) is 3.68. The van der Waals surface area contributed by atoms with Gasteiger partial charge in [-0.3, -0.25) is 4.98 Å². The maximum absolute atomic E-state index is 12.1. The Kier molecular flexibility index (Phi) is 4.55. The molecule has 112 valence electrons. The fraction of sp³-hybridized carbons (Fsp3) is 0. The van der Waals surface area contributed by atoms with Crippen LogP contribution < -0.4 is 0 Å². The molecule has 0 atom stereocenters. The fourth-order valence-corrected chi connectivity index (χ4v) is 2.09. The van der Waals surface area contributed by atoms with Crippen LogP contribution in [0.25, 0.3) is 0 Å². The number of benzene rings is 2. The van der Waals surface area contributed by atoms with Crippen LogP contribution in [0.4, 0.5) is 0 Å². The van der Waals surface area contributed by atoms with E-state index in [0.29, 0.717) is 11.3 Å². The molecule has 0 aliphatic carbocycles. The normalized spacial score (nSPS) is 11.0. The number of hydrogen-bond acceptors (Lipinski definition) is 4. The first-order valence-electron chi connectivity index (χ1n) is 7.15. The highest BCUT2D eigenvalue weighted by atomic mass is 16.7. The van der Waals surface area contributed by atoms with Gasteiger partial charge in [0.05, 0.1) is 5.56 Å². The molecule has 3 rings (SSSR count). The van der Waals surface area contributed by atoms with Crippen LogP contribution in [0.15, 0.2) is 90.3 Å². The van der Waals surface area contributed by atoms with E-state index < -0.39 is 5.97 Å². The van der Waals surface area contributed by atoms with Gasteiger partial charge in [0.25, 0.3) is 0 Å². The highest BCUT2D eigenvalue weighted by molar-refractivity contribution is 6.12. The van der Waals surface area contributed by atoms with Crippen LogP contribution in [0.2, 0.25) is 0 Å². The molecule has 0 spiro atoms. The average molecular weight is 302 g/mol. The van der Waals surface area contributed by atoms with Gasteiger partial charge < -0.3 is 4.84 Å². The first kappa shape index (κ1) is 14.7. The molecule has 1 aromatic heterocycles. The van der Waals surface area contributed by atoms with Crippen LogP contribution in [-0.4, -0.2) is 16.7 Å². The summed E-state index contributed by atoms with van der Waals surface area (Å²) in [6.07, 6.45) is 3.35. The van der Waals surface area contributed by atoms with Crippen molar-refractivity contribution in [1.29, 1.82) is 0 Å². The van der Waals surface area contributed by atoms with Crippen molar-refractivity contribution in [2.24, 2.45) is 5.16 Å². The summed E-state index contributed by atoms with van der Waals surface area (Å²) < 4.78 is 0. The summed E-state index contributed by atoms with van der Waals surface area (Å²) >= 11 is 0. The van der Waals surface area contributed by atoms with E-state index in [1.165, 1.54) is 0 Å². The predicted molar refractivity (Wildman–Crippen MR) is 88.2 cm³/mol. The Labute approximate surface area is 134 Å². The van der Waals surface area contributed by atoms with E-state index in [1.807, 2.05) is 48.5 Å². The Morgan fingerprint density at radius 3 is 1.87 bits per heavy atom. The van der Waals surface area contributed by atoms with Gasteiger partial charge in [-0.25, -0.2) is 4.79 Å². The minimum Gasteiger partial charge on any atom is -0.312 e. The van der Waals surface area contributed by atoms with Crippen molar-refractivity contribution in [3.63, 3.8) is 0 Å². The van der Waals surface area contributed by atoms with Gasteiger partial charge in [0, 0.05) is 23.5 Å². The SMILES string of the molecule is O=C(ON=C(c1ccccc1)c1ccncc1)c1ccccc1. The standard InChI is InChI=1S/C19H14N2O2/c22-19(17-9-5-2-6-10-17)23-21-18(15-7-3-1-4-8-15)16-11-13-20-14-12-16/h1-14H. The van der Waals surface area contributed by atoms with Gasteiger partial charge in [-0.2, -0.15) is 0 Å². The molecule has 0 fully saturated rings. The Hall–Kier alpha value is -3.27. The molecule has 0 amide bonds. The molecule has 23 heavy (non-hydrogen) atoms. The van der Waals surface area contributed by atoms with Crippen LogP contribution in [0.5, 0.6) is 0 Å². The second-order valence-electron chi connectivity index (χ2n) is 4.79. The van der Waals surface area contributed by atoms with Crippen LogP contribution in [0.1, 0.15) is 21.5 Å². The first-order valence-corrected chi connectivity index (χ1v) is 7.15. The van der Waals surface area contributed by atoms with E-state index >= 15 is 0 Å². The Bertz CT molecular complexity index is 759. The molecule has 0 radical (unpaired) electrons. The Balaban J connectivity index is 1.91. The number of oxime groups is 1. The molecule has 0 saturated heterocycles. The lowest BCUT2D eigenvalue weighted by atomic mass is 10.0. The summed E-state index contributed by atoms with van der Waals surface area (Å²) in [5.74, 6) is -0.493. The van der Waals surface area contributed by atoms with Crippen molar-refractivity contribution in [3.05, 3.63) is 102 Å². The van der Waals surface area contributed by atoms with Crippen molar-refractivity contribution in [2.45, 2.75) is 0 Å². The number of hydrogen-bond donors (Lipinski definition) is 0. The summed E-state index contributed by atoms with van der Waals surface area (Å²) in [5.41, 5.74) is 2.72. The van der Waals surface area contributed by atoms with Gasteiger partial charge >= 0.3 is 5.97 Å². The van der Waals surface area contributed by atoms with Crippen LogP contribution in [-0.2, 0) is 4.84 Å². The number of pyridine rings is 1. The first-order chi connectivity index (χ1) is 11.3. The maximum atomic E-state index is 12.1. The van der Waals surface area contributed by atoms with Crippen molar-refractivity contribution in [1.82, 2.24) is 4.98 Å². The zero-order valence-electron chi connectivity index (χ0n) is 12.3.